The van der Waals surface area contributed by atoms with Gasteiger partial charge < -0.3 is 10.2 Å². The highest BCUT2D eigenvalue weighted by molar-refractivity contribution is 5.92. The van der Waals surface area contributed by atoms with Gasteiger partial charge in [-0.25, -0.2) is 9.97 Å². The molecule has 1 rings (SSSR count). The van der Waals surface area contributed by atoms with Crippen LogP contribution in [0.15, 0.2) is 12.4 Å². The number of rotatable bonds is 3. The Morgan fingerprint density at radius 2 is 1.89 bits per heavy atom. The Morgan fingerprint density at radius 3 is 2.28 bits per heavy atom. The second-order valence-corrected chi connectivity index (χ2v) is 5.72. The molecule has 0 radical (unpaired) electrons. The van der Waals surface area contributed by atoms with Gasteiger partial charge in [-0.1, -0.05) is 20.8 Å². The van der Waals surface area contributed by atoms with Crippen molar-refractivity contribution in [3.05, 3.63) is 18.1 Å². The zero-order valence-corrected chi connectivity index (χ0v) is 12.0. The molecule has 1 heterocycles. The molecule has 0 aliphatic heterocycles. The van der Waals surface area contributed by atoms with Crippen LogP contribution in [-0.2, 0) is 0 Å². The second-order valence-electron chi connectivity index (χ2n) is 5.72. The first-order valence-corrected chi connectivity index (χ1v) is 6.02. The van der Waals surface area contributed by atoms with Gasteiger partial charge in [-0.05, 0) is 12.3 Å². The lowest BCUT2D eigenvalue weighted by atomic mass is 9.88. The molecule has 0 aliphatic carbocycles. The normalized spacial score (nSPS) is 13.0. The molecule has 0 bridgehead atoms. The van der Waals surface area contributed by atoms with Crippen LogP contribution in [0.3, 0.4) is 0 Å². The van der Waals surface area contributed by atoms with Gasteiger partial charge in [0.25, 0.3) is 5.91 Å². The Balaban J connectivity index is 2.73. The lowest BCUT2D eigenvalue weighted by Gasteiger charge is -2.27. The van der Waals surface area contributed by atoms with Crippen molar-refractivity contribution in [2.45, 2.75) is 33.7 Å². The van der Waals surface area contributed by atoms with Crippen molar-refractivity contribution in [3.8, 4) is 0 Å². The molecule has 1 aromatic rings. The van der Waals surface area contributed by atoms with Gasteiger partial charge in [0.15, 0.2) is 0 Å². The average molecular weight is 250 g/mol. The average Bonchev–Trinajstić information content (AvgIpc) is 2.27. The predicted octanol–water partition coefficient (Wildman–Crippen LogP) is 1.71. The summed E-state index contributed by atoms with van der Waals surface area (Å²) in [4.78, 5) is 22.1. The lowest BCUT2D eigenvalue weighted by Crippen LogP contribution is -2.41. The fourth-order valence-corrected chi connectivity index (χ4v) is 1.16. The third-order valence-corrected chi connectivity index (χ3v) is 2.98. The number of nitrogens with one attached hydrogen (secondary N) is 1. The second kappa shape index (κ2) is 5.33. The Morgan fingerprint density at radius 1 is 1.28 bits per heavy atom. The zero-order chi connectivity index (χ0) is 13.9. The maximum absolute atomic E-state index is 12.0. The number of nitrogens with zero attached hydrogens (tertiary/aromatic N) is 3. The number of carbonyl (C=O) groups excluding carboxylic acids is 1. The molecule has 100 valence electrons. The van der Waals surface area contributed by atoms with Gasteiger partial charge >= 0.3 is 0 Å². The molecule has 1 aromatic heterocycles. The van der Waals surface area contributed by atoms with Crippen LogP contribution in [0.25, 0.3) is 0 Å². The Hall–Kier alpha value is -1.65. The first-order valence-electron chi connectivity index (χ1n) is 6.02. The van der Waals surface area contributed by atoms with Gasteiger partial charge in [-0.3, -0.25) is 4.79 Å². The van der Waals surface area contributed by atoms with Crippen molar-refractivity contribution >= 4 is 11.7 Å². The maximum atomic E-state index is 12.0. The summed E-state index contributed by atoms with van der Waals surface area (Å²) in [6.45, 7) is 8.23. The third kappa shape index (κ3) is 3.68. The van der Waals surface area contributed by atoms with Crippen LogP contribution >= 0.6 is 0 Å². The van der Waals surface area contributed by atoms with Gasteiger partial charge in [-0.2, -0.15) is 0 Å². The van der Waals surface area contributed by atoms with E-state index < -0.39 is 0 Å². The number of aromatic nitrogens is 2. The predicted molar refractivity (Wildman–Crippen MR) is 72.7 cm³/mol. The van der Waals surface area contributed by atoms with E-state index in [1.807, 2.05) is 25.9 Å². The molecule has 0 aromatic carbocycles. The fourth-order valence-electron chi connectivity index (χ4n) is 1.16. The smallest absolute Gasteiger partial charge is 0.271 e. The van der Waals surface area contributed by atoms with Crippen molar-refractivity contribution < 1.29 is 4.79 Å². The highest BCUT2D eigenvalue weighted by Gasteiger charge is 2.22. The molecule has 0 unspecified atom stereocenters. The van der Waals surface area contributed by atoms with Crippen LogP contribution in [0.1, 0.15) is 38.2 Å². The SMILES string of the molecule is C[C@H](NC(=O)c1cnc(N(C)C)cn1)C(C)(C)C. The van der Waals surface area contributed by atoms with Gasteiger partial charge in [0.1, 0.15) is 11.5 Å². The Bertz CT molecular complexity index is 406. The molecule has 1 amide bonds. The monoisotopic (exact) mass is 250 g/mol. The van der Waals surface area contributed by atoms with E-state index in [0.29, 0.717) is 5.69 Å². The molecule has 0 spiro atoms. The van der Waals surface area contributed by atoms with E-state index >= 15 is 0 Å². The molecule has 0 fully saturated rings. The van der Waals surface area contributed by atoms with Crippen molar-refractivity contribution in [2.24, 2.45) is 5.41 Å². The van der Waals surface area contributed by atoms with Crippen molar-refractivity contribution in [2.75, 3.05) is 19.0 Å². The molecule has 5 nitrogen and oxygen atoms in total. The standard InChI is InChI=1S/C13H22N4O/c1-9(13(2,3)4)16-12(18)10-7-15-11(8-14-10)17(5)6/h7-9H,1-6H3,(H,16,18)/t9-/m0/s1. The highest BCUT2D eigenvalue weighted by atomic mass is 16.1. The summed E-state index contributed by atoms with van der Waals surface area (Å²) in [6.07, 6.45) is 3.09. The van der Waals surface area contributed by atoms with Crippen LogP contribution in [-0.4, -0.2) is 36.0 Å². The Kier molecular flexibility index (Phi) is 4.27. The van der Waals surface area contributed by atoms with Gasteiger partial charge in [0.05, 0.1) is 12.4 Å². The van der Waals surface area contributed by atoms with Crippen LogP contribution in [0.4, 0.5) is 5.82 Å². The maximum Gasteiger partial charge on any atom is 0.271 e. The van der Waals surface area contributed by atoms with Gasteiger partial charge in [0, 0.05) is 20.1 Å². The molecular weight excluding hydrogens is 228 g/mol. The van der Waals surface area contributed by atoms with Crippen LogP contribution in [0.5, 0.6) is 0 Å². The van der Waals surface area contributed by atoms with Gasteiger partial charge in [0.2, 0.25) is 0 Å². The van der Waals surface area contributed by atoms with Crippen molar-refractivity contribution in [3.63, 3.8) is 0 Å². The van der Waals surface area contributed by atoms with Crippen LogP contribution in [0.2, 0.25) is 0 Å². The van der Waals surface area contributed by atoms with Crippen LogP contribution in [0, 0.1) is 5.41 Å². The van der Waals surface area contributed by atoms with E-state index in [2.05, 4.69) is 36.1 Å². The molecule has 0 saturated heterocycles. The summed E-state index contributed by atoms with van der Waals surface area (Å²) in [5.41, 5.74) is 0.365. The van der Waals surface area contributed by atoms with E-state index in [0.717, 1.165) is 5.82 Å². The molecule has 0 aliphatic rings. The van der Waals surface area contributed by atoms with E-state index in [-0.39, 0.29) is 17.4 Å². The van der Waals surface area contributed by atoms with E-state index in [9.17, 15) is 4.79 Å². The number of amides is 1. The van der Waals surface area contributed by atoms with Crippen molar-refractivity contribution in [1.29, 1.82) is 0 Å². The number of hydrogen-bond donors (Lipinski definition) is 1. The number of carbonyl (C=O) groups is 1. The zero-order valence-electron chi connectivity index (χ0n) is 12.0. The summed E-state index contributed by atoms with van der Waals surface area (Å²) in [5.74, 6) is 0.547. The highest BCUT2D eigenvalue weighted by Crippen LogP contribution is 2.18. The van der Waals surface area contributed by atoms with E-state index in [1.54, 1.807) is 6.20 Å². The first-order chi connectivity index (χ1) is 8.21. The van der Waals surface area contributed by atoms with E-state index in [1.165, 1.54) is 6.20 Å². The third-order valence-electron chi connectivity index (χ3n) is 2.98. The topological polar surface area (TPSA) is 58.1 Å². The largest absolute Gasteiger partial charge is 0.361 e. The van der Waals surface area contributed by atoms with Gasteiger partial charge in [-0.15, -0.1) is 0 Å². The summed E-state index contributed by atoms with van der Waals surface area (Å²) >= 11 is 0. The molecule has 1 N–H and O–H groups in total. The molecular formula is C13H22N4O. The number of anilines is 1. The molecule has 0 saturated carbocycles. The summed E-state index contributed by atoms with van der Waals surface area (Å²) in [7, 11) is 3.76. The van der Waals surface area contributed by atoms with E-state index in [4.69, 9.17) is 0 Å². The van der Waals surface area contributed by atoms with Crippen LogP contribution < -0.4 is 10.2 Å². The lowest BCUT2D eigenvalue weighted by molar-refractivity contribution is 0.0904. The minimum atomic E-state index is -0.185. The summed E-state index contributed by atoms with van der Waals surface area (Å²) in [5, 5.41) is 2.93. The van der Waals surface area contributed by atoms with Crippen molar-refractivity contribution in [1.82, 2.24) is 15.3 Å². The summed E-state index contributed by atoms with van der Waals surface area (Å²) < 4.78 is 0. The number of hydrogen-bond acceptors (Lipinski definition) is 4. The summed E-state index contributed by atoms with van der Waals surface area (Å²) in [6, 6.07) is 0.0697. The molecule has 5 heteroatoms. The minimum Gasteiger partial charge on any atom is -0.361 e. The first kappa shape index (κ1) is 14.4. The molecule has 1 atom stereocenters. The minimum absolute atomic E-state index is 0.0205. The Labute approximate surface area is 109 Å². The quantitative estimate of drug-likeness (QED) is 0.887. The fraction of sp³-hybridized carbons (Fsp3) is 0.615. The molecule has 18 heavy (non-hydrogen) atoms.